The summed E-state index contributed by atoms with van der Waals surface area (Å²) in [6.07, 6.45) is 14.8. The predicted molar refractivity (Wildman–Crippen MR) is 92.3 cm³/mol. The van der Waals surface area contributed by atoms with Crippen molar-refractivity contribution in [2.75, 3.05) is 5.75 Å². The van der Waals surface area contributed by atoms with Crippen molar-refractivity contribution < 1.29 is 4.79 Å². The minimum atomic E-state index is 0.843. The van der Waals surface area contributed by atoms with Crippen molar-refractivity contribution >= 4 is 29.4 Å². The van der Waals surface area contributed by atoms with Crippen LogP contribution in [0.5, 0.6) is 0 Å². The van der Waals surface area contributed by atoms with E-state index in [0.717, 1.165) is 11.2 Å². The lowest BCUT2D eigenvalue weighted by Crippen LogP contribution is -1.83. The fraction of sp³-hybridized carbons (Fsp3) is 0.706. The highest BCUT2D eigenvalue weighted by atomic mass is 32.2. The highest BCUT2D eigenvalue weighted by Crippen LogP contribution is 2.25. The SMILES string of the molecule is CCCCCCCCCCCCSc1csc(C=O)c1. The minimum Gasteiger partial charge on any atom is -0.297 e. The van der Waals surface area contributed by atoms with E-state index in [0.29, 0.717) is 0 Å². The third-order valence-corrected chi connectivity index (χ3v) is 5.55. The zero-order valence-corrected chi connectivity index (χ0v) is 14.4. The fourth-order valence-electron chi connectivity index (χ4n) is 2.25. The van der Waals surface area contributed by atoms with E-state index in [1.807, 2.05) is 17.8 Å². The van der Waals surface area contributed by atoms with Gasteiger partial charge in [-0.1, -0.05) is 64.7 Å². The number of thioether (sulfide) groups is 1. The number of rotatable bonds is 13. The van der Waals surface area contributed by atoms with Gasteiger partial charge in [-0.2, -0.15) is 0 Å². The molecule has 0 aliphatic heterocycles. The Morgan fingerprint density at radius 2 is 1.60 bits per heavy atom. The standard InChI is InChI=1S/C17H28OS2/c1-2-3-4-5-6-7-8-9-10-11-12-19-17-13-16(14-18)20-15-17/h13-15H,2-12H2,1H3. The van der Waals surface area contributed by atoms with Crippen LogP contribution >= 0.6 is 23.1 Å². The van der Waals surface area contributed by atoms with Gasteiger partial charge in [0.25, 0.3) is 0 Å². The van der Waals surface area contributed by atoms with E-state index in [-0.39, 0.29) is 0 Å². The first-order valence-electron chi connectivity index (χ1n) is 8.03. The smallest absolute Gasteiger partial charge is 0.160 e. The van der Waals surface area contributed by atoms with Gasteiger partial charge in [0.15, 0.2) is 6.29 Å². The number of carbonyl (C=O) groups is 1. The molecule has 0 aromatic carbocycles. The van der Waals surface area contributed by atoms with Gasteiger partial charge >= 0.3 is 0 Å². The van der Waals surface area contributed by atoms with E-state index >= 15 is 0 Å². The van der Waals surface area contributed by atoms with E-state index < -0.39 is 0 Å². The predicted octanol–water partition coefficient (Wildman–Crippen LogP) is 6.57. The van der Waals surface area contributed by atoms with Crippen LogP contribution in [0.3, 0.4) is 0 Å². The molecule has 0 radical (unpaired) electrons. The summed E-state index contributed by atoms with van der Waals surface area (Å²) in [7, 11) is 0. The largest absolute Gasteiger partial charge is 0.297 e. The number of hydrogen-bond donors (Lipinski definition) is 0. The van der Waals surface area contributed by atoms with E-state index in [1.165, 1.54) is 74.9 Å². The highest BCUT2D eigenvalue weighted by Gasteiger charge is 1.99. The number of thiophene rings is 1. The molecule has 0 atom stereocenters. The van der Waals surface area contributed by atoms with Crippen molar-refractivity contribution in [1.82, 2.24) is 0 Å². The van der Waals surface area contributed by atoms with Gasteiger partial charge in [0.1, 0.15) is 0 Å². The average Bonchev–Trinajstić information content (AvgIpc) is 2.93. The molecule has 0 bridgehead atoms. The van der Waals surface area contributed by atoms with Crippen LogP contribution in [0, 0.1) is 0 Å². The minimum absolute atomic E-state index is 0.843. The van der Waals surface area contributed by atoms with Crippen molar-refractivity contribution in [3.05, 3.63) is 16.3 Å². The summed E-state index contributed by atoms with van der Waals surface area (Å²) in [5, 5.41) is 2.09. The topological polar surface area (TPSA) is 17.1 Å². The molecule has 3 heteroatoms. The molecule has 20 heavy (non-hydrogen) atoms. The maximum Gasteiger partial charge on any atom is 0.160 e. The van der Waals surface area contributed by atoms with Crippen LogP contribution in [0.25, 0.3) is 0 Å². The quantitative estimate of drug-likeness (QED) is 0.233. The molecule has 0 saturated carbocycles. The average molecular weight is 313 g/mol. The van der Waals surface area contributed by atoms with Gasteiger partial charge < -0.3 is 0 Å². The van der Waals surface area contributed by atoms with Crippen molar-refractivity contribution in [3.63, 3.8) is 0 Å². The van der Waals surface area contributed by atoms with Gasteiger partial charge in [0.2, 0.25) is 0 Å². The Labute approximate surface area is 132 Å². The van der Waals surface area contributed by atoms with E-state index in [9.17, 15) is 4.79 Å². The molecule has 0 spiro atoms. The summed E-state index contributed by atoms with van der Waals surface area (Å²) < 4.78 is 0. The monoisotopic (exact) mass is 312 g/mol. The van der Waals surface area contributed by atoms with Crippen LogP contribution in [0.15, 0.2) is 16.3 Å². The Morgan fingerprint density at radius 1 is 1.00 bits per heavy atom. The summed E-state index contributed by atoms with van der Waals surface area (Å²) in [6.45, 7) is 2.27. The lowest BCUT2D eigenvalue weighted by molar-refractivity contribution is 0.112. The van der Waals surface area contributed by atoms with Gasteiger partial charge in [-0.05, 0) is 18.2 Å². The van der Waals surface area contributed by atoms with Gasteiger partial charge in [-0.3, -0.25) is 4.79 Å². The second-order valence-electron chi connectivity index (χ2n) is 5.33. The lowest BCUT2D eigenvalue weighted by atomic mass is 10.1. The molecule has 1 rings (SSSR count). The molecular formula is C17H28OS2. The summed E-state index contributed by atoms with van der Waals surface area (Å²) >= 11 is 3.43. The number of unbranched alkanes of at least 4 members (excludes halogenated alkanes) is 9. The second kappa shape index (κ2) is 12.5. The molecule has 0 unspecified atom stereocenters. The molecule has 0 amide bonds. The summed E-state index contributed by atoms with van der Waals surface area (Å²) in [5.41, 5.74) is 0. The Bertz CT molecular complexity index is 347. The van der Waals surface area contributed by atoms with Crippen molar-refractivity contribution in [1.29, 1.82) is 0 Å². The molecular weight excluding hydrogens is 284 g/mol. The summed E-state index contributed by atoms with van der Waals surface area (Å²) in [6, 6.07) is 2.00. The van der Waals surface area contributed by atoms with Crippen LogP contribution < -0.4 is 0 Å². The molecule has 114 valence electrons. The Balaban J connectivity index is 1.84. The summed E-state index contributed by atoms with van der Waals surface area (Å²) in [5.74, 6) is 1.19. The molecule has 0 aliphatic rings. The molecule has 0 aliphatic carbocycles. The zero-order chi connectivity index (χ0) is 14.5. The van der Waals surface area contributed by atoms with Crippen LogP contribution in [-0.4, -0.2) is 12.0 Å². The lowest BCUT2D eigenvalue weighted by Gasteiger charge is -2.02. The van der Waals surface area contributed by atoms with Gasteiger partial charge in [-0.25, -0.2) is 0 Å². The second-order valence-corrected chi connectivity index (χ2v) is 7.44. The number of aldehydes is 1. The Kier molecular flexibility index (Phi) is 11.1. The highest BCUT2D eigenvalue weighted by molar-refractivity contribution is 7.99. The summed E-state index contributed by atoms with van der Waals surface area (Å²) in [4.78, 5) is 12.7. The first kappa shape index (κ1) is 17.8. The van der Waals surface area contributed by atoms with Gasteiger partial charge in [0, 0.05) is 10.3 Å². The van der Waals surface area contributed by atoms with Gasteiger partial charge in [-0.15, -0.1) is 23.1 Å². The van der Waals surface area contributed by atoms with Crippen molar-refractivity contribution in [3.8, 4) is 0 Å². The normalized spacial score (nSPS) is 10.8. The van der Waals surface area contributed by atoms with Crippen molar-refractivity contribution in [2.24, 2.45) is 0 Å². The fourth-order valence-corrected chi connectivity index (χ4v) is 4.11. The van der Waals surface area contributed by atoms with Crippen LogP contribution in [-0.2, 0) is 0 Å². The van der Waals surface area contributed by atoms with Crippen molar-refractivity contribution in [2.45, 2.75) is 76.0 Å². The molecule has 1 aromatic rings. The first-order valence-corrected chi connectivity index (χ1v) is 9.90. The third-order valence-electron chi connectivity index (χ3n) is 3.48. The van der Waals surface area contributed by atoms with E-state index in [1.54, 1.807) is 11.3 Å². The molecule has 1 aromatic heterocycles. The van der Waals surface area contributed by atoms with E-state index in [2.05, 4.69) is 12.3 Å². The molecule has 0 N–H and O–H groups in total. The Morgan fingerprint density at radius 3 is 2.15 bits per heavy atom. The number of carbonyl (C=O) groups excluding carboxylic acids is 1. The Hall–Kier alpha value is -0.280. The van der Waals surface area contributed by atoms with E-state index in [4.69, 9.17) is 0 Å². The molecule has 1 nitrogen and oxygen atoms in total. The van der Waals surface area contributed by atoms with Gasteiger partial charge in [0.05, 0.1) is 4.88 Å². The first-order chi connectivity index (χ1) is 9.86. The molecule has 1 heterocycles. The van der Waals surface area contributed by atoms with Crippen LogP contribution in [0.2, 0.25) is 0 Å². The number of hydrogen-bond acceptors (Lipinski definition) is 3. The zero-order valence-electron chi connectivity index (χ0n) is 12.7. The third kappa shape index (κ3) is 8.80. The molecule has 0 fully saturated rings. The van der Waals surface area contributed by atoms with Crippen LogP contribution in [0.4, 0.5) is 0 Å². The maximum absolute atomic E-state index is 10.6. The molecule has 0 saturated heterocycles. The maximum atomic E-state index is 10.6. The van der Waals surface area contributed by atoms with Crippen LogP contribution in [0.1, 0.15) is 80.8 Å².